The number of nitrogens with one attached hydrogen (secondary N) is 1. The van der Waals surface area contributed by atoms with Crippen molar-refractivity contribution in [3.63, 3.8) is 0 Å². The Morgan fingerprint density at radius 1 is 1.37 bits per heavy atom. The fourth-order valence-corrected chi connectivity index (χ4v) is 2.07. The number of carboxylic acids is 1. The molecule has 19 heavy (non-hydrogen) atoms. The van der Waals surface area contributed by atoms with Crippen LogP contribution in [0.15, 0.2) is 18.2 Å². The molecule has 2 N–H and O–H groups in total. The molecule has 1 aromatic carbocycles. The first-order valence-corrected chi connectivity index (χ1v) is 6.67. The summed E-state index contributed by atoms with van der Waals surface area (Å²) in [4.78, 5) is 22.5. The van der Waals surface area contributed by atoms with E-state index in [9.17, 15) is 9.59 Å². The van der Waals surface area contributed by atoms with Gasteiger partial charge in [-0.2, -0.15) is 0 Å². The molecular formula is C13H15Cl2NO3. The Kier molecular flexibility index (Phi) is 6.12. The van der Waals surface area contributed by atoms with Crippen molar-refractivity contribution in [1.82, 2.24) is 0 Å². The van der Waals surface area contributed by atoms with Gasteiger partial charge in [0.1, 0.15) is 0 Å². The number of carboxylic acid groups (broad SMARTS) is 1. The second kappa shape index (κ2) is 7.36. The third kappa shape index (κ3) is 5.09. The van der Waals surface area contributed by atoms with E-state index < -0.39 is 11.9 Å². The number of aliphatic carboxylic acids is 1. The van der Waals surface area contributed by atoms with Gasteiger partial charge in [-0.25, -0.2) is 0 Å². The molecule has 0 spiro atoms. The van der Waals surface area contributed by atoms with E-state index in [2.05, 4.69) is 5.32 Å². The summed E-state index contributed by atoms with van der Waals surface area (Å²) < 4.78 is 0. The number of hydrogen-bond acceptors (Lipinski definition) is 2. The topological polar surface area (TPSA) is 66.4 Å². The summed E-state index contributed by atoms with van der Waals surface area (Å²) in [5.41, 5.74) is 0.472. The van der Waals surface area contributed by atoms with Crippen molar-refractivity contribution < 1.29 is 14.7 Å². The highest BCUT2D eigenvalue weighted by molar-refractivity contribution is 6.36. The highest BCUT2D eigenvalue weighted by atomic mass is 35.5. The normalized spacial score (nSPS) is 11.9. The van der Waals surface area contributed by atoms with E-state index in [1.807, 2.05) is 0 Å². The van der Waals surface area contributed by atoms with Crippen molar-refractivity contribution in [3.8, 4) is 0 Å². The molecule has 4 nitrogen and oxygen atoms in total. The van der Waals surface area contributed by atoms with Gasteiger partial charge < -0.3 is 10.4 Å². The number of hydrogen-bond donors (Lipinski definition) is 2. The summed E-state index contributed by atoms with van der Waals surface area (Å²) in [6, 6.07) is 4.76. The van der Waals surface area contributed by atoms with Crippen LogP contribution >= 0.6 is 23.2 Å². The summed E-state index contributed by atoms with van der Waals surface area (Å²) in [6.45, 7) is 1.78. The van der Waals surface area contributed by atoms with Crippen molar-refractivity contribution in [3.05, 3.63) is 28.2 Å². The molecule has 6 heteroatoms. The molecule has 104 valence electrons. The quantitative estimate of drug-likeness (QED) is 0.839. The van der Waals surface area contributed by atoms with Gasteiger partial charge in [0.05, 0.1) is 16.6 Å². The smallest absolute Gasteiger partial charge is 0.306 e. The van der Waals surface area contributed by atoms with Crippen LogP contribution in [0.4, 0.5) is 5.69 Å². The van der Waals surface area contributed by atoms with Crippen molar-refractivity contribution in [2.45, 2.75) is 26.2 Å². The third-order valence-corrected chi connectivity index (χ3v) is 3.31. The maximum absolute atomic E-state index is 11.7. The van der Waals surface area contributed by atoms with Gasteiger partial charge in [0.2, 0.25) is 5.91 Å². The standard InChI is InChI=1S/C13H15Cl2NO3/c1-2-8(13(18)19)3-6-12(17)16-11-5-4-9(14)7-10(11)15/h4-5,7-8H,2-3,6H2,1H3,(H,16,17)(H,18,19)/t8-/m1/s1. The molecule has 0 aliphatic heterocycles. The van der Waals surface area contributed by atoms with Gasteiger partial charge in [-0.05, 0) is 31.0 Å². The molecule has 1 aromatic rings. The number of carbonyl (C=O) groups is 2. The highest BCUT2D eigenvalue weighted by Gasteiger charge is 2.16. The third-order valence-electron chi connectivity index (χ3n) is 2.77. The van der Waals surface area contributed by atoms with Gasteiger partial charge in [0, 0.05) is 11.4 Å². The first-order valence-electron chi connectivity index (χ1n) is 5.91. The van der Waals surface area contributed by atoms with Gasteiger partial charge in [0.15, 0.2) is 0 Å². The lowest BCUT2D eigenvalue weighted by Crippen LogP contribution is -2.17. The average Bonchev–Trinajstić information content (AvgIpc) is 2.33. The number of anilines is 1. The minimum absolute atomic E-state index is 0.143. The Morgan fingerprint density at radius 3 is 2.58 bits per heavy atom. The molecule has 0 fully saturated rings. The van der Waals surface area contributed by atoms with E-state index in [1.165, 1.54) is 6.07 Å². The van der Waals surface area contributed by atoms with Gasteiger partial charge in [-0.3, -0.25) is 9.59 Å². The van der Waals surface area contributed by atoms with Crippen LogP contribution in [-0.2, 0) is 9.59 Å². The van der Waals surface area contributed by atoms with Crippen molar-refractivity contribution in [2.24, 2.45) is 5.92 Å². The summed E-state index contributed by atoms with van der Waals surface area (Å²) in [6.07, 6.45) is 0.955. The summed E-state index contributed by atoms with van der Waals surface area (Å²) in [5.74, 6) is -1.63. The number of amides is 1. The number of carbonyl (C=O) groups excluding carboxylic acids is 1. The lowest BCUT2D eigenvalue weighted by molar-refractivity contribution is -0.142. The molecule has 0 saturated heterocycles. The number of rotatable bonds is 6. The molecule has 0 saturated carbocycles. The monoisotopic (exact) mass is 303 g/mol. The molecule has 0 radical (unpaired) electrons. The van der Waals surface area contributed by atoms with Crippen LogP contribution in [0.25, 0.3) is 0 Å². The minimum Gasteiger partial charge on any atom is -0.481 e. The van der Waals surface area contributed by atoms with Crippen LogP contribution in [0.1, 0.15) is 26.2 Å². The molecule has 1 amide bonds. The Morgan fingerprint density at radius 2 is 2.05 bits per heavy atom. The molecule has 0 aliphatic carbocycles. The molecule has 0 aromatic heterocycles. The Labute approximate surface area is 121 Å². The van der Waals surface area contributed by atoms with Crippen molar-refractivity contribution in [2.75, 3.05) is 5.32 Å². The maximum Gasteiger partial charge on any atom is 0.306 e. The molecular weight excluding hydrogens is 289 g/mol. The summed E-state index contributed by atoms with van der Waals surface area (Å²) >= 11 is 11.7. The Hall–Kier alpha value is -1.26. The number of halogens is 2. The fourth-order valence-electron chi connectivity index (χ4n) is 1.61. The van der Waals surface area contributed by atoms with Crippen LogP contribution in [0, 0.1) is 5.92 Å². The van der Waals surface area contributed by atoms with E-state index in [1.54, 1.807) is 19.1 Å². The fraction of sp³-hybridized carbons (Fsp3) is 0.385. The van der Waals surface area contributed by atoms with Crippen LogP contribution in [0.5, 0.6) is 0 Å². The van der Waals surface area contributed by atoms with E-state index >= 15 is 0 Å². The Bertz CT molecular complexity index is 477. The predicted molar refractivity (Wildman–Crippen MR) is 75.7 cm³/mol. The first-order chi connectivity index (χ1) is 8.93. The van der Waals surface area contributed by atoms with Crippen LogP contribution in [-0.4, -0.2) is 17.0 Å². The lowest BCUT2D eigenvalue weighted by atomic mass is 10.0. The zero-order valence-corrected chi connectivity index (χ0v) is 12.0. The Balaban J connectivity index is 2.53. The summed E-state index contributed by atoms with van der Waals surface area (Å²) in [7, 11) is 0. The predicted octanol–water partition coefficient (Wildman–Crippen LogP) is 3.82. The van der Waals surface area contributed by atoms with Crippen LogP contribution in [0.3, 0.4) is 0 Å². The van der Waals surface area contributed by atoms with E-state index in [4.69, 9.17) is 28.3 Å². The summed E-state index contributed by atoms with van der Waals surface area (Å²) in [5, 5.41) is 12.4. The van der Waals surface area contributed by atoms with Gasteiger partial charge in [0.25, 0.3) is 0 Å². The average molecular weight is 304 g/mol. The molecule has 0 unspecified atom stereocenters. The first kappa shape index (κ1) is 15.8. The van der Waals surface area contributed by atoms with Crippen LogP contribution < -0.4 is 5.32 Å². The van der Waals surface area contributed by atoms with Crippen molar-refractivity contribution in [1.29, 1.82) is 0 Å². The maximum atomic E-state index is 11.7. The lowest BCUT2D eigenvalue weighted by Gasteiger charge is -2.10. The second-order valence-corrected chi connectivity index (χ2v) is 5.00. The largest absolute Gasteiger partial charge is 0.481 e. The van der Waals surface area contributed by atoms with Crippen LogP contribution in [0.2, 0.25) is 10.0 Å². The van der Waals surface area contributed by atoms with Crippen molar-refractivity contribution >= 4 is 40.8 Å². The minimum atomic E-state index is -0.875. The van der Waals surface area contributed by atoms with Gasteiger partial charge >= 0.3 is 5.97 Å². The van der Waals surface area contributed by atoms with E-state index in [-0.39, 0.29) is 12.3 Å². The van der Waals surface area contributed by atoms with E-state index in [0.29, 0.717) is 28.6 Å². The number of benzene rings is 1. The second-order valence-electron chi connectivity index (χ2n) is 4.15. The zero-order chi connectivity index (χ0) is 14.4. The molecule has 1 atom stereocenters. The highest BCUT2D eigenvalue weighted by Crippen LogP contribution is 2.25. The van der Waals surface area contributed by atoms with Gasteiger partial charge in [-0.1, -0.05) is 30.1 Å². The molecule has 0 heterocycles. The SMILES string of the molecule is CC[C@H](CCC(=O)Nc1ccc(Cl)cc1Cl)C(=O)O. The molecule has 0 aliphatic rings. The molecule has 0 bridgehead atoms. The van der Waals surface area contributed by atoms with Gasteiger partial charge in [-0.15, -0.1) is 0 Å². The zero-order valence-electron chi connectivity index (χ0n) is 10.5. The van der Waals surface area contributed by atoms with E-state index in [0.717, 1.165) is 0 Å². The molecule has 1 rings (SSSR count).